The normalized spacial score (nSPS) is 28.4. The lowest BCUT2D eigenvalue weighted by Gasteiger charge is -2.48. The molecule has 1 saturated carbocycles. The average molecular weight is 330 g/mol. The van der Waals surface area contributed by atoms with Crippen LogP contribution in [0.15, 0.2) is 24.3 Å². The van der Waals surface area contributed by atoms with Crippen molar-refractivity contribution in [3.63, 3.8) is 0 Å². The van der Waals surface area contributed by atoms with Crippen LogP contribution in [0.2, 0.25) is 0 Å². The van der Waals surface area contributed by atoms with Gasteiger partial charge in [0.1, 0.15) is 11.4 Å². The van der Waals surface area contributed by atoms with Crippen LogP contribution >= 0.6 is 0 Å². The number of benzene rings is 1. The van der Waals surface area contributed by atoms with E-state index in [9.17, 15) is 4.79 Å². The molecule has 2 fully saturated rings. The van der Waals surface area contributed by atoms with E-state index in [0.717, 1.165) is 50.0 Å². The largest absolute Gasteiger partial charge is 0.487 e. The number of urea groups is 1. The van der Waals surface area contributed by atoms with Gasteiger partial charge in [-0.3, -0.25) is 0 Å². The van der Waals surface area contributed by atoms with E-state index in [1.807, 2.05) is 25.1 Å². The average Bonchev–Trinajstić information content (AvgIpc) is 3.07. The topological polar surface area (TPSA) is 59.6 Å². The number of hydrogen-bond donors (Lipinski definition) is 2. The summed E-state index contributed by atoms with van der Waals surface area (Å²) in [4.78, 5) is 12.5. The summed E-state index contributed by atoms with van der Waals surface area (Å²) in [5.41, 5.74) is 1.00. The van der Waals surface area contributed by atoms with Crippen LogP contribution in [0.3, 0.4) is 0 Å². The van der Waals surface area contributed by atoms with Gasteiger partial charge in [-0.2, -0.15) is 0 Å². The summed E-state index contributed by atoms with van der Waals surface area (Å²) in [6, 6.07) is 7.97. The zero-order valence-corrected chi connectivity index (χ0v) is 14.2. The Morgan fingerprint density at radius 3 is 2.83 bits per heavy atom. The highest BCUT2D eigenvalue weighted by molar-refractivity contribution is 5.75. The number of nitrogens with one attached hydrogen (secondary N) is 2. The number of ether oxygens (including phenoxy) is 2. The minimum Gasteiger partial charge on any atom is -0.487 e. The number of carbonyl (C=O) groups is 1. The summed E-state index contributed by atoms with van der Waals surface area (Å²) in [7, 11) is 0. The van der Waals surface area contributed by atoms with Crippen LogP contribution in [0.5, 0.6) is 5.75 Å². The number of rotatable bonds is 3. The van der Waals surface area contributed by atoms with Crippen LogP contribution in [-0.2, 0) is 4.74 Å². The van der Waals surface area contributed by atoms with Gasteiger partial charge in [0.05, 0.1) is 18.2 Å². The fraction of sp³-hybridized carbons (Fsp3) is 0.632. The Kier molecular flexibility index (Phi) is 4.12. The van der Waals surface area contributed by atoms with Crippen molar-refractivity contribution in [2.75, 3.05) is 6.61 Å². The van der Waals surface area contributed by atoms with E-state index in [4.69, 9.17) is 9.47 Å². The second-order valence-electron chi connectivity index (χ2n) is 7.39. The lowest BCUT2D eigenvalue weighted by Crippen LogP contribution is -2.52. The number of amides is 2. The molecule has 5 nitrogen and oxygen atoms in total. The van der Waals surface area contributed by atoms with E-state index >= 15 is 0 Å². The van der Waals surface area contributed by atoms with E-state index in [1.165, 1.54) is 6.42 Å². The van der Waals surface area contributed by atoms with Gasteiger partial charge in [-0.25, -0.2) is 4.79 Å². The van der Waals surface area contributed by atoms with Crippen LogP contribution in [-0.4, -0.2) is 30.4 Å². The summed E-state index contributed by atoms with van der Waals surface area (Å²) in [6.45, 7) is 2.81. The Morgan fingerprint density at radius 1 is 1.29 bits per heavy atom. The molecule has 0 radical (unpaired) electrons. The summed E-state index contributed by atoms with van der Waals surface area (Å²) in [5.74, 6) is 0.918. The van der Waals surface area contributed by atoms with E-state index < -0.39 is 0 Å². The molecule has 2 N–H and O–H groups in total. The lowest BCUT2D eigenvalue weighted by atomic mass is 9.73. The van der Waals surface area contributed by atoms with Crippen molar-refractivity contribution in [3.05, 3.63) is 29.8 Å². The molecule has 2 aliphatic heterocycles. The van der Waals surface area contributed by atoms with Crippen LogP contribution in [0.25, 0.3) is 0 Å². The van der Waals surface area contributed by atoms with Crippen molar-refractivity contribution in [1.82, 2.24) is 10.6 Å². The SMILES string of the molecule is C[C@H](NC(=O)N[C@H]1CC2(CCC2)Oc2ccccc21)[C@@H]1CCCO1. The van der Waals surface area contributed by atoms with Crippen molar-refractivity contribution < 1.29 is 14.3 Å². The molecule has 2 heterocycles. The van der Waals surface area contributed by atoms with Gasteiger partial charge in [0, 0.05) is 18.6 Å². The highest BCUT2D eigenvalue weighted by atomic mass is 16.5. The molecule has 0 aromatic heterocycles. The van der Waals surface area contributed by atoms with Gasteiger partial charge in [0.15, 0.2) is 0 Å². The smallest absolute Gasteiger partial charge is 0.315 e. The van der Waals surface area contributed by atoms with Crippen LogP contribution in [0, 0.1) is 0 Å². The number of carbonyl (C=O) groups excluding carboxylic acids is 1. The number of fused-ring (bicyclic) bond motifs is 1. The molecule has 1 aliphatic carbocycles. The standard InChI is InChI=1S/C19H26N2O3/c1-13(16-8-4-11-23-16)20-18(22)21-15-12-19(9-5-10-19)24-17-7-3-2-6-14(15)17/h2-3,6-7,13,15-16H,4-5,8-12H2,1H3,(H2,20,21,22)/t13-,15-,16-/m0/s1. The molecule has 24 heavy (non-hydrogen) atoms. The summed E-state index contributed by atoms with van der Waals surface area (Å²) in [5, 5.41) is 6.21. The van der Waals surface area contributed by atoms with Crippen LogP contribution < -0.4 is 15.4 Å². The first kappa shape index (κ1) is 15.8. The Morgan fingerprint density at radius 2 is 2.12 bits per heavy atom. The molecule has 1 spiro atoms. The predicted molar refractivity (Wildman–Crippen MR) is 91.1 cm³/mol. The van der Waals surface area contributed by atoms with Crippen molar-refractivity contribution in [1.29, 1.82) is 0 Å². The Balaban J connectivity index is 1.43. The van der Waals surface area contributed by atoms with Crippen molar-refractivity contribution in [2.45, 2.75) is 69.2 Å². The molecule has 0 bridgehead atoms. The molecule has 0 unspecified atom stereocenters. The van der Waals surface area contributed by atoms with E-state index in [1.54, 1.807) is 0 Å². The van der Waals surface area contributed by atoms with Crippen molar-refractivity contribution >= 4 is 6.03 Å². The molecule has 2 amide bonds. The Labute approximate surface area is 143 Å². The Hall–Kier alpha value is -1.75. The summed E-state index contributed by atoms with van der Waals surface area (Å²) >= 11 is 0. The van der Waals surface area contributed by atoms with Gasteiger partial charge < -0.3 is 20.1 Å². The molecule has 4 rings (SSSR count). The quantitative estimate of drug-likeness (QED) is 0.894. The maximum Gasteiger partial charge on any atom is 0.315 e. The molecule has 1 aromatic carbocycles. The van der Waals surface area contributed by atoms with Crippen LogP contribution in [0.1, 0.15) is 57.1 Å². The molecular weight excluding hydrogens is 304 g/mol. The van der Waals surface area contributed by atoms with E-state index in [2.05, 4.69) is 16.7 Å². The molecule has 3 aliphatic rings. The second kappa shape index (κ2) is 6.28. The predicted octanol–water partition coefficient (Wildman–Crippen LogP) is 3.30. The third kappa shape index (κ3) is 2.97. The minimum absolute atomic E-state index is 0.00643. The molecular formula is C19H26N2O3. The van der Waals surface area contributed by atoms with Gasteiger partial charge >= 0.3 is 6.03 Å². The van der Waals surface area contributed by atoms with Crippen molar-refractivity contribution in [2.24, 2.45) is 0 Å². The fourth-order valence-corrected chi connectivity index (χ4v) is 4.12. The van der Waals surface area contributed by atoms with Crippen LogP contribution in [0.4, 0.5) is 4.79 Å². The van der Waals surface area contributed by atoms with Gasteiger partial charge in [0.2, 0.25) is 0 Å². The van der Waals surface area contributed by atoms with Gasteiger partial charge in [0.25, 0.3) is 0 Å². The first-order valence-corrected chi connectivity index (χ1v) is 9.12. The van der Waals surface area contributed by atoms with Gasteiger partial charge in [-0.15, -0.1) is 0 Å². The molecule has 5 heteroatoms. The van der Waals surface area contributed by atoms with Gasteiger partial charge in [-0.1, -0.05) is 18.2 Å². The summed E-state index contributed by atoms with van der Waals surface area (Å²) in [6.07, 6.45) is 6.44. The molecule has 3 atom stereocenters. The maximum absolute atomic E-state index is 12.5. The zero-order chi connectivity index (χ0) is 16.6. The lowest BCUT2D eigenvalue weighted by molar-refractivity contribution is -0.0356. The minimum atomic E-state index is -0.117. The highest BCUT2D eigenvalue weighted by Crippen LogP contribution is 2.48. The monoisotopic (exact) mass is 330 g/mol. The first-order chi connectivity index (χ1) is 11.7. The molecule has 1 saturated heterocycles. The maximum atomic E-state index is 12.5. The molecule has 1 aromatic rings. The zero-order valence-electron chi connectivity index (χ0n) is 14.2. The van der Waals surface area contributed by atoms with Gasteiger partial charge in [-0.05, 0) is 45.1 Å². The number of para-hydroxylation sites is 1. The fourth-order valence-electron chi connectivity index (χ4n) is 4.12. The first-order valence-electron chi connectivity index (χ1n) is 9.12. The van der Waals surface area contributed by atoms with Crippen molar-refractivity contribution in [3.8, 4) is 5.75 Å². The third-order valence-corrected chi connectivity index (χ3v) is 5.65. The number of hydrogen-bond acceptors (Lipinski definition) is 3. The highest BCUT2D eigenvalue weighted by Gasteiger charge is 2.45. The Bertz CT molecular complexity index is 608. The van der Waals surface area contributed by atoms with E-state index in [-0.39, 0.29) is 29.8 Å². The molecule has 130 valence electrons. The third-order valence-electron chi connectivity index (χ3n) is 5.65. The van der Waals surface area contributed by atoms with E-state index in [0.29, 0.717) is 0 Å². The second-order valence-corrected chi connectivity index (χ2v) is 7.39. The summed E-state index contributed by atoms with van der Waals surface area (Å²) < 4.78 is 11.9.